The summed E-state index contributed by atoms with van der Waals surface area (Å²) in [7, 11) is 0. The van der Waals surface area contributed by atoms with Crippen molar-refractivity contribution in [1.29, 1.82) is 0 Å². The van der Waals surface area contributed by atoms with Gasteiger partial charge in [-0.2, -0.15) is 5.10 Å². The van der Waals surface area contributed by atoms with E-state index in [9.17, 15) is 19.7 Å². The third-order valence-electron chi connectivity index (χ3n) is 6.39. The molecule has 1 N–H and O–H groups in total. The largest absolute Gasteiger partial charge is 0.342 e. The lowest BCUT2D eigenvalue weighted by molar-refractivity contribution is -0.384. The molecule has 0 saturated carbocycles. The lowest BCUT2D eigenvalue weighted by atomic mass is 9.90. The van der Waals surface area contributed by atoms with Gasteiger partial charge in [-0.1, -0.05) is 42.1 Å². The van der Waals surface area contributed by atoms with Gasteiger partial charge in [0, 0.05) is 25.2 Å². The standard InChI is InChI=1S/C25H24N6O4S/c32-22(29-12-10-18(11-13-29)14-17-4-2-1-3-5-17)16-36-25-27-23-21(24(33)28-25)15-26-30(23)19-6-8-20(9-7-19)31(34)35/h1-9,15,18H,10-14,16H2,(H,27,28,33). The fourth-order valence-corrected chi connectivity index (χ4v) is 5.19. The van der Waals surface area contributed by atoms with Crippen LogP contribution in [0, 0.1) is 16.0 Å². The van der Waals surface area contributed by atoms with Gasteiger partial charge in [-0.3, -0.25) is 19.7 Å². The number of hydrogen-bond donors (Lipinski definition) is 1. The van der Waals surface area contributed by atoms with Gasteiger partial charge in [-0.05, 0) is 42.9 Å². The summed E-state index contributed by atoms with van der Waals surface area (Å²) in [6.45, 7) is 1.46. The molecular formula is C25H24N6O4S. The summed E-state index contributed by atoms with van der Waals surface area (Å²) in [5.74, 6) is 0.762. The molecule has 0 radical (unpaired) electrons. The highest BCUT2D eigenvalue weighted by atomic mass is 32.2. The molecule has 10 nitrogen and oxygen atoms in total. The van der Waals surface area contributed by atoms with Crippen molar-refractivity contribution < 1.29 is 9.72 Å². The summed E-state index contributed by atoms with van der Waals surface area (Å²) in [6.07, 6.45) is 4.38. The summed E-state index contributed by atoms with van der Waals surface area (Å²) >= 11 is 1.18. The lowest BCUT2D eigenvalue weighted by Crippen LogP contribution is -2.39. The molecule has 0 bridgehead atoms. The monoisotopic (exact) mass is 504 g/mol. The van der Waals surface area contributed by atoms with E-state index in [4.69, 9.17) is 0 Å². The SMILES string of the molecule is O=C(CSc1nc2c(cnn2-c2ccc([N+](=O)[O-])cc2)c(=O)[nH]1)N1CCC(Cc2ccccc2)CC1. The highest BCUT2D eigenvalue weighted by Crippen LogP contribution is 2.24. The second-order valence-electron chi connectivity index (χ2n) is 8.74. The number of piperidine rings is 1. The first-order valence-corrected chi connectivity index (χ1v) is 12.6. The molecule has 2 aromatic heterocycles. The number of thioether (sulfide) groups is 1. The van der Waals surface area contributed by atoms with Gasteiger partial charge in [0.15, 0.2) is 10.8 Å². The number of rotatable bonds is 7. The summed E-state index contributed by atoms with van der Waals surface area (Å²) in [5.41, 5.74) is 1.80. The number of nitro groups is 1. The molecule has 0 spiro atoms. The number of nitrogens with zero attached hydrogens (tertiary/aromatic N) is 5. The maximum atomic E-state index is 12.8. The van der Waals surface area contributed by atoms with Crippen molar-refractivity contribution in [3.8, 4) is 5.69 Å². The number of nitro benzene ring substituents is 1. The quantitative estimate of drug-likeness (QED) is 0.176. The molecule has 1 fully saturated rings. The van der Waals surface area contributed by atoms with Crippen LogP contribution in [-0.4, -0.2) is 54.3 Å². The molecule has 5 rings (SSSR count). The Hall–Kier alpha value is -3.99. The molecule has 4 aromatic rings. The van der Waals surface area contributed by atoms with E-state index in [1.54, 1.807) is 12.1 Å². The van der Waals surface area contributed by atoms with E-state index < -0.39 is 4.92 Å². The Morgan fingerprint density at radius 1 is 1.11 bits per heavy atom. The van der Waals surface area contributed by atoms with Gasteiger partial charge in [-0.15, -0.1) is 0 Å². The number of hydrogen-bond acceptors (Lipinski definition) is 7. The first-order valence-electron chi connectivity index (χ1n) is 11.7. The van der Waals surface area contributed by atoms with E-state index >= 15 is 0 Å². The van der Waals surface area contributed by atoms with E-state index in [1.165, 1.54) is 40.3 Å². The zero-order valence-corrected chi connectivity index (χ0v) is 20.2. The van der Waals surface area contributed by atoms with Crippen molar-refractivity contribution in [2.45, 2.75) is 24.4 Å². The van der Waals surface area contributed by atoms with Crippen LogP contribution in [-0.2, 0) is 11.2 Å². The maximum Gasteiger partial charge on any atom is 0.269 e. The van der Waals surface area contributed by atoms with Crippen LogP contribution >= 0.6 is 11.8 Å². The Balaban J connectivity index is 1.23. The molecule has 11 heteroatoms. The van der Waals surface area contributed by atoms with Crippen molar-refractivity contribution >= 4 is 34.4 Å². The third kappa shape index (κ3) is 5.15. The van der Waals surface area contributed by atoms with Gasteiger partial charge in [0.25, 0.3) is 11.2 Å². The highest BCUT2D eigenvalue weighted by Gasteiger charge is 2.23. The Morgan fingerprint density at radius 2 is 1.83 bits per heavy atom. The van der Waals surface area contributed by atoms with Crippen LogP contribution in [0.2, 0.25) is 0 Å². The fraction of sp³-hybridized carbons (Fsp3) is 0.280. The predicted molar refractivity (Wildman–Crippen MR) is 136 cm³/mol. The minimum absolute atomic E-state index is 0.0183. The molecule has 1 aliphatic rings. The van der Waals surface area contributed by atoms with E-state index in [0.29, 0.717) is 27.8 Å². The van der Waals surface area contributed by atoms with Crippen molar-refractivity contribution in [2.75, 3.05) is 18.8 Å². The molecule has 1 amide bonds. The number of benzene rings is 2. The van der Waals surface area contributed by atoms with Gasteiger partial charge in [0.05, 0.1) is 22.6 Å². The molecule has 184 valence electrons. The van der Waals surface area contributed by atoms with Crippen LogP contribution in [0.4, 0.5) is 5.69 Å². The van der Waals surface area contributed by atoms with Gasteiger partial charge in [0.1, 0.15) is 5.39 Å². The zero-order valence-electron chi connectivity index (χ0n) is 19.4. The number of H-pyrrole nitrogens is 1. The minimum Gasteiger partial charge on any atom is -0.342 e. The summed E-state index contributed by atoms with van der Waals surface area (Å²) in [4.78, 5) is 44.9. The Bertz CT molecular complexity index is 1440. The molecule has 0 atom stereocenters. The third-order valence-corrected chi connectivity index (χ3v) is 7.25. The van der Waals surface area contributed by atoms with Crippen molar-refractivity contribution in [2.24, 2.45) is 5.92 Å². The number of aromatic amines is 1. The second kappa shape index (κ2) is 10.3. The first kappa shape index (κ1) is 23.7. The second-order valence-corrected chi connectivity index (χ2v) is 9.70. The number of carbonyl (C=O) groups is 1. The molecule has 0 unspecified atom stereocenters. The predicted octanol–water partition coefficient (Wildman–Crippen LogP) is 3.59. The Labute approximate surface area is 210 Å². The van der Waals surface area contributed by atoms with Gasteiger partial charge >= 0.3 is 0 Å². The van der Waals surface area contributed by atoms with Gasteiger partial charge < -0.3 is 9.88 Å². The van der Waals surface area contributed by atoms with Crippen LogP contribution in [0.25, 0.3) is 16.7 Å². The molecule has 0 aliphatic carbocycles. The lowest BCUT2D eigenvalue weighted by Gasteiger charge is -2.32. The number of aromatic nitrogens is 4. The summed E-state index contributed by atoms with van der Waals surface area (Å²) in [5, 5.41) is 15.8. The van der Waals surface area contributed by atoms with Crippen molar-refractivity contribution in [3.05, 3.63) is 86.8 Å². The van der Waals surface area contributed by atoms with Crippen molar-refractivity contribution in [3.63, 3.8) is 0 Å². The van der Waals surface area contributed by atoms with Gasteiger partial charge in [-0.25, -0.2) is 9.67 Å². The Morgan fingerprint density at radius 3 is 2.53 bits per heavy atom. The number of amides is 1. The number of likely N-dealkylation sites (tertiary alicyclic amines) is 1. The van der Waals surface area contributed by atoms with Crippen molar-refractivity contribution in [1.82, 2.24) is 24.6 Å². The number of non-ortho nitro benzene ring substituents is 1. The van der Waals surface area contributed by atoms with E-state index in [-0.39, 0.29) is 22.9 Å². The summed E-state index contributed by atoms with van der Waals surface area (Å²) in [6, 6.07) is 16.3. The van der Waals surface area contributed by atoms with Crippen LogP contribution in [0.1, 0.15) is 18.4 Å². The zero-order chi connectivity index (χ0) is 25.1. The highest BCUT2D eigenvalue weighted by molar-refractivity contribution is 7.99. The van der Waals surface area contributed by atoms with Crippen LogP contribution in [0.5, 0.6) is 0 Å². The van der Waals surface area contributed by atoms with Gasteiger partial charge in [0.2, 0.25) is 5.91 Å². The average molecular weight is 505 g/mol. The number of nitrogens with one attached hydrogen (secondary N) is 1. The number of fused-ring (bicyclic) bond motifs is 1. The van der Waals surface area contributed by atoms with Crippen LogP contribution in [0.3, 0.4) is 0 Å². The molecule has 3 heterocycles. The van der Waals surface area contributed by atoms with E-state index in [2.05, 4.69) is 39.3 Å². The maximum absolute atomic E-state index is 12.8. The fourth-order valence-electron chi connectivity index (χ4n) is 4.43. The number of carbonyl (C=O) groups excluding carboxylic acids is 1. The van der Waals surface area contributed by atoms with Crippen LogP contribution < -0.4 is 5.56 Å². The van der Waals surface area contributed by atoms with E-state index in [1.807, 2.05) is 11.0 Å². The van der Waals surface area contributed by atoms with E-state index in [0.717, 1.165) is 32.4 Å². The molecule has 36 heavy (non-hydrogen) atoms. The first-order chi connectivity index (χ1) is 17.5. The van der Waals surface area contributed by atoms with Crippen LogP contribution in [0.15, 0.2) is 70.7 Å². The average Bonchev–Trinajstić information content (AvgIpc) is 3.33. The molecular weight excluding hydrogens is 480 g/mol. The molecule has 1 saturated heterocycles. The Kier molecular flexibility index (Phi) is 6.81. The topological polar surface area (TPSA) is 127 Å². The minimum atomic E-state index is -0.481. The molecule has 2 aromatic carbocycles. The molecule has 1 aliphatic heterocycles. The normalized spacial score (nSPS) is 14.3. The smallest absolute Gasteiger partial charge is 0.269 e. The summed E-state index contributed by atoms with van der Waals surface area (Å²) < 4.78 is 1.46.